The summed E-state index contributed by atoms with van der Waals surface area (Å²) in [6, 6.07) is 8.30. The van der Waals surface area contributed by atoms with Gasteiger partial charge in [-0.05, 0) is 64.1 Å². The average molecular weight is 337 g/mol. The summed E-state index contributed by atoms with van der Waals surface area (Å²) in [4.78, 5) is 4.89. The van der Waals surface area contributed by atoms with Crippen molar-refractivity contribution in [2.45, 2.75) is 65.8 Å². The predicted molar refractivity (Wildman–Crippen MR) is 107 cm³/mol. The van der Waals surface area contributed by atoms with Crippen LogP contribution in [0, 0.1) is 0 Å². The van der Waals surface area contributed by atoms with Crippen LogP contribution in [0.5, 0.6) is 5.75 Å². The molecule has 0 atom stereocenters. The second kappa shape index (κ2) is 14.3. The molecule has 0 spiro atoms. The van der Waals surface area contributed by atoms with Crippen molar-refractivity contribution in [1.82, 2.24) is 9.80 Å². The second-order valence-corrected chi connectivity index (χ2v) is 6.43. The van der Waals surface area contributed by atoms with Gasteiger partial charge in [-0.15, -0.1) is 0 Å². The molecule has 1 aliphatic rings. The first-order valence-corrected chi connectivity index (χ1v) is 9.73. The number of benzene rings is 1. The molecule has 1 aliphatic heterocycles. The van der Waals surface area contributed by atoms with Crippen LogP contribution in [-0.4, -0.2) is 54.7 Å². The number of rotatable bonds is 5. The molecule has 140 valence electrons. The molecule has 0 radical (unpaired) electrons. The molecule has 0 bridgehead atoms. The Hall–Kier alpha value is -1.06. The molecule has 1 saturated heterocycles. The van der Waals surface area contributed by atoms with Crippen LogP contribution in [0.25, 0.3) is 0 Å². The van der Waals surface area contributed by atoms with Crippen molar-refractivity contribution >= 4 is 0 Å². The minimum atomic E-state index is 0.349. The molecule has 0 amide bonds. The fraction of sp³-hybridized carbons (Fsp3) is 0.714. The zero-order valence-corrected chi connectivity index (χ0v) is 16.9. The van der Waals surface area contributed by atoms with Gasteiger partial charge in [-0.2, -0.15) is 0 Å². The minimum absolute atomic E-state index is 0.349. The average Bonchev–Trinajstić information content (AvgIpc) is 2.63. The standard InChI is InChI=1S/C15H24N2O.C4H10.C2H6/c1-16-10-8-14(9-11-16)17(2)12-7-13-3-5-15(18)6-4-13;1-3-4-2;1-2/h3-6,14,18H,7-12H2,1-2H3;3-4H2,1-2H3;1-2H3. The molecule has 0 saturated carbocycles. The van der Waals surface area contributed by atoms with Crippen molar-refractivity contribution < 1.29 is 5.11 Å². The monoisotopic (exact) mass is 336 g/mol. The van der Waals surface area contributed by atoms with Crippen LogP contribution < -0.4 is 0 Å². The topological polar surface area (TPSA) is 26.7 Å². The van der Waals surface area contributed by atoms with E-state index in [0.29, 0.717) is 5.75 Å². The van der Waals surface area contributed by atoms with Gasteiger partial charge >= 0.3 is 0 Å². The third-order valence-corrected chi connectivity index (χ3v) is 4.50. The third kappa shape index (κ3) is 9.94. The van der Waals surface area contributed by atoms with E-state index in [9.17, 15) is 5.11 Å². The largest absolute Gasteiger partial charge is 0.508 e. The van der Waals surface area contributed by atoms with E-state index in [4.69, 9.17) is 0 Å². The lowest BCUT2D eigenvalue weighted by molar-refractivity contribution is 0.145. The first kappa shape index (κ1) is 22.9. The predicted octanol–water partition coefficient (Wildman–Crippen LogP) is 4.79. The van der Waals surface area contributed by atoms with Gasteiger partial charge in [0.15, 0.2) is 0 Å². The number of unbranched alkanes of at least 4 members (excludes halogenated alkanes) is 1. The number of phenols is 1. The van der Waals surface area contributed by atoms with Crippen LogP contribution in [0.4, 0.5) is 0 Å². The van der Waals surface area contributed by atoms with Gasteiger partial charge < -0.3 is 14.9 Å². The lowest BCUT2D eigenvalue weighted by Gasteiger charge is -2.35. The SMILES string of the molecule is CC.CCCC.CN1CCC(N(C)CCc2ccc(O)cc2)CC1. The van der Waals surface area contributed by atoms with E-state index in [-0.39, 0.29) is 0 Å². The molecule has 1 N–H and O–H groups in total. The Morgan fingerprint density at radius 1 is 1.04 bits per heavy atom. The molecule has 0 aliphatic carbocycles. The fourth-order valence-electron chi connectivity index (χ4n) is 2.59. The van der Waals surface area contributed by atoms with Gasteiger partial charge in [-0.1, -0.05) is 52.7 Å². The van der Waals surface area contributed by atoms with Gasteiger partial charge in [0, 0.05) is 12.6 Å². The Bertz CT molecular complexity index is 381. The summed E-state index contributed by atoms with van der Waals surface area (Å²) in [5, 5.41) is 9.25. The maximum Gasteiger partial charge on any atom is 0.115 e. The quantitative estimate of drug-likeness (QED) is 0.837. The van der Waals surface area contributed by atoms with Crippen LogP contribution in [0.2, 0.25) is 0 Å². The summed E-state index contributed by atoms with van der Waals surface area (Å²) in [6.07, 6.45) is 6.26. The van der Waals surface area contributed by atoms with Crippen molar-refractivity contribution in [3.63, 3.8) is 0 Å². The number of aromatic hydroxyl groups is 1. The van der Waals surface area contributed by atoms with Crippen LogP contribution in [0.15, 0.2) is 24.3 Å². The Morgan fingerprint density at radius 3 is 2.00 bits per heavy atom. The highest BCUT2D eigenvalue weighted by molar-refractivity contribution is 5.25. The fourth-order valence-corrected chi connectivity index (χ4v) is 2.59. The van der Waals surface area contributed by atoms with Gasteiger partial charge in [0.05, 0.1) is 0 Å². The van der Waals surface area contributed by atoms with E-state index in [2.05, 4.69) is 37.7 Å². The van der Waals surface area contributed by atoms with Crippen molar-refractivity contribution in [2.24, 2.45) is 0 Å². The molecule has 1 aromatic rings. The Kier molecular flexibility index (Phi) is 13.7. The maximum absolute atomic E-state index is 9.25. The summed E-state index contributed by atoms with van der Waals surface area (Å²) in [7, 11) is 4.43. The highest BCUT2D eigenvalue weighted by atomic mass is 16.3. The van der Waals surface area contributed by atoms with Gasteiger partial charge in [0.25, 0.3) is 0 Å². The highest BCUT2D eigenvalue weighted by Crippen LogP contribution is 2.15. The summed E-state index contributed by atoms with van der Waals surface area (Å²) in [5.41, 5.74) is 1.30. The Morgan fingerprint density at radius 2 is 1.54 bits per heavy atom. The molecule has 1 aromatic carbocycles. The molecule has 24 heavy (non-hydrogen) atoms. The molecule has 1 heterocycles. The van der Waals surface area contributed by atoms with E-state index in [0.717, 1.165) is 19.0 Å². The molecule has 3 nitrogen and oxygen atoms in total. The summed E-state index contributed by atoms with van der Waals surface area (Å²) < 4.78 is 0. The number of piperidine rings is 1. The minimum Gasteiger partial charge on any atom is -0.508 e. The number of hydrogen-bond donors (Lipinski definition) is 1. The van der Waals surface area contributed by atoms with Crippen molar-refractivity contribution in [2.75, 3.05) is 33.7 Å². The molecular weight excluding hydrogens is 296 g/mol. The van der Waals surface area contributed by atoms with E-state index < -0.39 is 0 Å². The first-order chi connectivity index (χ1) is 11.6. The zero-order valence-electron chi connectivity index (χ0n) is 16.9. The molecular formula is C21H40N2O. The van der Waals surface area contributed by atoms with Crippen LogP contribution in [0.3, 0.4) is 0 Å². The molecule has 0 unspecified atom stereocenters. The zero-order chi connectivity index (χ0) is 18.4. The number of nitrogens with zero attached hydrogens (tertiary/aromatic N) is 2. The van der Waals surface area contributed by atoms with Crippen molar-refractivity contribution in [1.29, 1.82) is 0 Å². The van der Waals surface area contributed by atoms with Crippen molar-refractivity contribution in [3.05, 3.63) is 29.8 Å². The Labute approximate surface area is 150 Å². The lowest BCUT2D eigenvalue weighted by atomic mass is 10.0. The van der Waals surface area contributed by atoms with Gasteiger partial charge in [-0.3, -0.25) is 0 Å². The molecule has 1 fully saturated rings. The maximum atomic E-state index is 9.25. The van der Waals surface area contributed by atoms with Crippen LogP contribution >= 0.6 is 0 Å². The molecule has 0 aromatic heterocycles. The number of likely N-dealkylation sites (N-methyl/N-ethyl adjacent to an activating group) is 1. The first-order valence-electron chi connectivity index (χ1n) is 9.73. The van der Waals surface area contributed by atoms with E-state index in [1.807, 2.05) is 26.0 Å². The lowest BCUT2D eigenvalue weighted by Crippen LogP contribution is -2.42. The van der Waals surface area contributed by atoms with Gasteiger partial charge in [0.1, 0.15) is 5.75 Å². The Balaban J connectivity index is 0.000000773. The molecule has 3 heteroatoms. The number of phenolic OH excluding ortho intramolecular Hbond substituents is 1. The number of hydrogen-bond acceptors (Lipinski definition) is 3. The van der Waals surface area contributed by atoms with Crippen molar-refractivity contribution in [3.8, 4) is 5.75 Å². The van der Waals surface area contributed by atoms with E-state index in [1.54, 1.807) is 12.1 Å². The van der Waals surface area contributed by atoms with Gasteiger partial charge in [0.2, 0.25) is 0 Å². The highest BCUT2D eigenvalue weighted by Gasteiger charge is 2.19. The van der Waals surface area contributed by atoms with Crippen LogP contribution in [-0.2, 0) is 6.42 Å². The summed E-state index contributed by atoms with van der Waals surface area (Å²) >= 11 is 0. The third-order valence-electron chi connectivity index (χ3n) is 4.50. The van der Waals surface area contributed by atoms with E-state index >= 15 is 0 Å². The van der Waals surface area contributed by atoms with Gasteiger partial charge in [-0.25, -0.2) is 0 Å². The summed E-state index contributed by atoms with van der Waals surface area (Å²) in [6.45, 7) is 11.9. The smallest absolute Gasteiger partial charge is 0.115 e. The van der Waals surface area contributed by atoms with E-state index in [1.165, 1.54) is 44.3 Å². The number of likely N-dealkylation sites (tertiary alicyclic amines) is 1. The normalized spacial score (nSPS) is 15.3. The molecule has 2 rings (SSSR count). The summed E-state index contributed by atoms with van der Waals surface area (Å²) in [5.74, 6) is 0.349. The second-order valence-electron chi connectivity index (χ2n) is 6.43. The van der Waals surface area contributed by atoms with Crippen LogP contribution in [0.1, 0.15) is 58.9 Å².